The zero-order valence-electron chi connectivity index (χ0n) is 11.9. The highest BCUT2D eigenvalue weighted by Gasteiger charge is 2.45. The molecule has 3 rings (SSSR count). The van der Waals surface area contributed by atoms with E-state index in [0.29, 0.717) is 18.2 Å². The van der Waals surface area contributed by atoms with Crippen LogP contribution in [0.15, 0.2) is 41.0 Å². The van der Waals surface area contributed by atoms with Gasteiger partial charge in [-0.15, -0.1) is 0 Å². The largest absolute Gasteiger partial charge is 0.469 e. The molecule has 1 N–H and O–H groups in total. The molecular weight excluding hydrogens is 314 g/mol. The quantitative estimate of drug-likeness (QED) is 0.867. The minimum absolute atomic E-state index is 0.0275. The summed E-state index contributed by atoms with van der Waals surface area (Å²) >= 11 is 0. The Balaban J connectivity index is 1.64. The van der Waals surface area contributed by atoms with Gasteiger partial charge in [0.15, 0.2) is 0 Å². The van der Waals surface area contributed by atoms with E-state index in [2.05, 4.69) is 5.32 Å². The summed E-state index contributed by atoms with van der Waals surface area (Å²) < 4.78 is 56.9. The van der Waals surface area contributed by atoms with E-state index in [1.807, 2.05) is 0 Å². The van der Waals surface area contributed by atoms with Crippen LogP contribution in [0.1, 0.15) is 29.2 Å². The lowest BCUT2D eigenvalue weighted by Crippen LogP contribution is -2.26. The molecule has 1 aliphatic rings. The Morgan fingerprint density at radius 3 is 2.74 bits per heavy atom. The van der Waals surface area contributed by atoms with Crippen molar-refractivity contribution in [2.24, 2.45) is 5.92 Å². The van der Waals surface area contributed by atoms with E-state index in [1.54, 1.807) is 12.1 Å². The lowest BCUT2D eigenvalue weighted by atomic mass is 10.1. The van der Waals surface area contributed by atoms with Gasteiger partial charge in [-0.3, -0.25) is 4.79 Å². The van der Waals surface area contributed by atoms with E-state index in [1.165, 1.54) is 6.26 Å². The molecule has 1 aromatic heterocycles. The van der Waals surface area contributed by atoms with Crippen molar-refractivity contribution in [3.63, 3.8) is 0 Å². The van der Waals surface area contributed by atoms with Gasteiger partial charge >= 0.3 is 6.18 Å². The van der Waals surface area contributed by atoms with Crippen molar-refractivity contribution in [3.05, 3.63) is 59.3 Å². The Morgan fingerprint density at radius 1 is 1.30 bits per heavy atom. The molecule has 3 nitrogen and oxygen atoms in total. The molecule has 122 valence electrons. The van der Waals surface area contributed by atoms with Gasteiger partial charge in [0.25, 0.3) is 0 Å². The van der Waals surface area contributed by atoms with Crippen LogP contribution in [0, 0.1) is 11.7 Å². The molecule has 0 radical (unpaired) electrons. The SMILES string of the molecule is O=C(NCc1ccc(F)cc1C(F)(F)F)C1CC1c1ccco1. The molecule has 2 unspecified atom stereocenters. The summed E-state index contributed by atoms with van der Waals surface area (Å²) in [5.74, 6) is -0.921. The summed E-state index contributed by atoms with van der Waals surface area (Å²) in [6.07, 6.45) is -2.55. The molecule has 0 spiro atoms. The van der Waals surface area contributed by atoms with Gasteiger partial charge in [0.05, 0.1) is 11.8 Å². The van der Waals surface area contributed by atoms with Gasteiger partial charge in [0.2, 0.25) is 5.91 Å². The van der Waals surface area contributed by atoms with Crippen molar-refractivity contribution in [2.75, 3.05) is 0 Å². The summed E-state index contributed by atoms with van der Waals surface area (Å²) in [7, 11) is 0. The molecule has 1 amide bonds. The molecule has 2 aromatic rings. The minimum atomic E-state index is -4.67. The molecule has 2 atom stereocenters. The number of hydrogen-bond acceptors (Lipinski definition) is 2. The molecule has 0 saturated heterocycles. The van der Waals surface area contributed by atoms with Crippen LogP contribution in [0.25, 0.3) is 0 Å². The maximum Gasteiger partial charge on any atom is 0.416 e. The first kappa shape index (κ1) is 15.6. The van der Waals surface area contributed by atoms with Gasteiger partial charge in [-0.25, -0.2) is 4.39 Å². The van der Waals surface area contributed by atoms with E-state index >= 15 is 0 Å². The van der Waals surface area contributed by atoms with E-state index in [-0.39, 0.29) is 29.9 Å². The van der Waals surface area contributed by atoms with Crippen molar-refractivity contribution in [1.29, 1.82) is 0 Å². The summed E-state index contributed by atoms with van der Waals surface area (Å²) in [6, 6.07) is 5.90. The Hall–Kier alpha value is -2.31. The van der Waals surface area contributed by atoms with E-state index < -0.39 is 17.6 Å². The number of nitrogens with one attached hydrogen (secondary N) is 1. The third-order valence-electron chi connectivity index (χ3n) is 3.87. The Morgan fingerprint density at radius 2 is 2.09 bits per heavy atom. The fourth-order valence-electron chi connectivity index (χ4n) is 2.58. The van der Waals surface area contributed by atoms with Crippen molar-refractivity contribution < 1.29 is 26.8 Å². The van der Waals surface area contributed by atoms with Crippen molar-refractivity contribution in [2.45, 2.75) is 25.1 Å². The van der Waals surface area contributed by atoms with Gasteiger partial charge < -0.3 is 9.73 Å². The molecule has 1 aliphatic carbocycles. The predicted molar refractivity (Wildman–Crippen MR) is 72.8 cm³/mol. The van der Waals surface area contributed by atoms with Crippen LogP contribution in [-0.4, -0.2) is 5.91 Å². The van der Waals surface area contributed by atoms with Gasteiger partial charge in [-0.05, 0) is 36.2 Å². The second kappa shape index (κ2) is 5.72. The monoisotopic (exact) mass is 327 g/mol. The molecule has 0 aliphatic heterocycles. The summed E-state index contributed by atoms with van der Waals surface area (Å²) in [5.41, 5.74) is -1.24. The number of benzene rings is 1. The number of rotatable bonds is 4. The number of amides is 1. The summed E-state index contributed by atoms with van der Waals surface area (Å²) in [5, 5.41) is 2.48. The summed E-state index contributed by atoms with van der Waals surface area (Å²) in [4.78, 5) is 12.0. The normalized spacial score (nSPS) is 20.3. The van der Waals surface area contributed by atoms with E-state index in [9.17, 15) is 22.4 Å². The van der Waals surface area contributed by atoms with Gasteiger partial charge in [0, 0.05) is 18.4 Å². The van der Waals surface area contributed by atoms with Crippen molar-refractivity contribution >= 4 is 5.91 Å². The smallest absolute Gasteiger partial charge is 0.416 e. The van der Waals surface area contributed by atoms with Crippen LogP contribution in [0.4, 0.5) is 17.6 Å². The average molecular weight is 327 g/mol. The fraction of sp³-hybridized carbons (Fsp3) is 0.312. The van der Waals surface area contributed by atoms with Gasteiger partial charge in [-0.2, -0.15) is 13.2 Å². The zero-order valence-corrected chi connectivity index (χ0v) is 11.9. The second-order valence-electron chi connectivity index (χ2n) is 5.48. The van der Waals surface area contributed by atoms with Crippen LogP contribution in [0.2, 0.25) is 0 Å². The highest BCUT2D eigenvalue weighted by atomic mass is 19.4. The molecule has 0 bridgehead atoms. The average Bonchev–Trinajstić information content (AvgIpc) is 3.10. The molecule has 1 heterocycles. The molecule has 23 heavy (non-hydrogen) atoms. The number of alkyl halides is 3. The maximum atomic E-state index is 13.0. The fourth-order valence-corrected chi connectivity index (χ4v) is 2.58. The van der Waals surface area contributed by atoms with Crippen LogP contribution in [0.3, 0.4) is 0 Å². The molecular formula is C16H13F4NO2. The van der Waals surface area contributed by atoms with Crippen LogP contribution < -0.4 is 5.32 Å². The van der Waals surface area contributed by atoms with Gasteiger partial charge in [-0.1, -0.05) is 6.07 Å². The third-order valence-corrected chi connectivity index (χ3v) is 3.87. The van der Waals surface area contributed by atoms with Gasteiger partial charge in [0.1, 0.15) is 11.6 Å². The molecule has 1 saturated carbocycles. The highest BCUT2D eigenvalue weighted by Crippen LogP contribution is 2.47. The highest BCUT2D eigenvalue weighted by molar-refractivity contribution is 5.82. The molecule has 1 aromatic carbocycles. The van der Waals surface area contributed by atoms with Crippen molar-refractivity contribution in [3.8, 4) is 0 Å². The first-order chi connectivity index (χ1) is 10.9. The second-order valence-corrected chi connectivity index (χ2v) is 5.48. The van der Waals surface area contributed by atoms with Crippen LogP contribution >= 0.6 is 0 Å². The predicted octanol–water partition coefficient (Wildman–Crippen LogP) is 3.86. The lowest BCUT2D eigenvalue weighted by molar-refractivity contribution is -0.138. The standard InChI is InChI=1S/C16H13F4NO2/c17-10-4-3-9(13(6-10)16(18,19)20)8-21-15(22)12-7-11(12)14-2-1-5-23-14/h1-6,11-12H,7-8H2,(H,21,22). The molecule has 7 heteroatoms. The van der Waals surface area contributed by atoms with E-state index in [0.717, 1.165) is 12.1 Å². The Bertz CT molecular complexity index is 709. The minimum Gasteiger partial charge on any atom is -0.469 e. The number of hydrogen-bond donors (Lipinski definition) is 1. The number of halogens is 4. The zero-order chi connectivity index (χ0) is 16.6. The topological polar surface area (TPSA) is 42.2 Å². The number of furan rings is 1. The Labute approximate surface area is 129 Å². The third kappa shape index (κ3) is 3.38. The number of carbonyl (C=O) groups excluding carboxylic acids is 1. The first-order valence-corrected chi connectivity index (χ1v) is 7.03. The maximum absolute atomic E-state index is 13.0. The van der Waals surface area contributed by atoms with Crippen molar-refractivity contribution in [1.82, 2.24) is 5.32 Å². The van der Waals surface area contributed by atoms with Crippen LogP contribution in [0.5, 0.6) is 0 Å². The molecule has 1 fully saturated rings. The lowest BCUT2D eigenvalue weighted by Gasteiger charge is -2.13. The van der Waals surface area contributed by atoms with Crippen LogP contribution in [-0.2, 0) is 17.5 Å². The Kier molecular flexibility index (Phi) is 3.87. The first-order valence-electron chi connectivity index (χ1n) is 7.03. The number of carbonyl (C=O) groups is 1. The van der Waals surface area contributed by atoms with E-state index in [4.69, 9.17) is 4.42 Å². The summed E-state index contributed by atoms with van der Waals surface area (Å²) in [6.45, 7) is -0.296.